The van der Waals surface area contributed by atoms with E-state index in [4.69, 9.17) is 31.0 Å². The van der Waals surface area contributed by atoms with Crippen LogP contribution >= 0.6 is 11.6 Å². The number of ether oxygens (including phenoxy) is 2. The monoisotopic (exact) mass is 692 g/mol. The quantitative estimate of drug-likeness (QED) is 0.205. The van der Waals surface area contributed by atoms with Crippen LogP contribution in [0.15, 0.2) is 71.5 Å². The minimum atomic E-state index is -0.489. The summed E-state index contributed by atoms with van der Waals surface area (Å²) in [7, 11) is 2.06. The van der Waals surface area contributed by atoms with Gasteiger partial charge in [-0.1, -0.05) is 66.2 Å². The number of aryl methyl sites for hydroxylation is 1. The average molecular weight is 693 g/mol. The minimum absolute atomic E-state index is 0.0691. The van der Waals surface area contributed by atoms with Crippen LogP contribution in [0, 0.1) is 18.3 Å². The number of fused-ring (bicyclic) bond motifs is 2. The van der Waals surface area contributed by atoms with E-state index in [1.54, 1.807) is 17.9 Å². The van der Waals surface area contributed by atoms with Crippen LogP contribution in [0.3, 0.4) is 0 Å². The number of likely N-dealkylation sites (N-methyl/N-ethyl adjacent to an activating group) is 1. The van der Waals surface area contributed by atoms with E-state index in [1.807, 2.05) is 65.6 Å². The number of likely N-dealkylation sites (tertiary alicyclic amines) is 1. The maximum absolute atomic E-state index is 14.5. The van der Waals surface area contributed by atoms with Crippen molar-refractivity contribution in [1.82, 2.24) is 29.3 Å². The predicted molar refractivity (Wildman–Crippen MR) is 191 cm³/mol. The Hall–Kier alpha value is -5.25. The fraction of sp³-hybridized carbons (Fsp3) is 0.351. The van der Waals surface area contributed by atoms with Gasteiger partial charge in [0.1, 0.15) is 24.6 Å². The molecule has 2 aliphatic rings. The van der Waals surface area contributed by atoms with E-state index in [1.165, 1.54) is 4.57 Å². The second-order valence-corrected chi connectivity index (χ2v) is 13.1. The van der Waals surface area contributed by atoms with Gasteiger partial charge in [0.25, 0.3) is 5.56 Å². The number of aromatic nitrogens is 4. The second-order valence-electron chi connectivity index (χ2n) is 12.7. The standard InChI is InChI=1S/C37H37ClN8O4/c1-24-40-32-33(35(47)46(24)30-15-7-12-26-11-6-14-29(38)31(26)30)41-36(49-23-28-13-8-18-43(28)2)42-34(32)44-19-20-45(27(21-44)16-17-39)37(48)50-22-25-9-4-3-5-10-25/h3-7,9-12,14-15,27-28H,8,13,16,18-23H2,1-2H3. The zero-order valence-electron chi connectivity index (χ0n) is 28.0. The molecule has 2 saturated heterocycles. The maximum atomic E-state index is 14.5. The number of amides is 1. The molecule has 256 valence electrons. The summed E-state index contributed by atoms with van der Waals surface area (Å²) in [6.07, 6.45) is 1.66. The number of halogens is 1. The van der Waals surface area contributed by atoms with Gasteiger partial charge in [0, 0.05) is 31.1 Å². The minimum Gasteiger partial charge on any atom is -0.462 e. The van der Waals surface area contributed by atoms with E-state index in [2.05, 4.69) is 23.0 Å². The zero-order valence-corrected chi connectivity index (χ0v) is 28.7. The number of carbonyl (C=O) groups is 1. The van der Waals surface area contributed by atoms with E-state index < -0.39 is 12.1 Å². The molecule has 0 N–H and O–H groups in total. The number of anilines is 1. The Morgan fingerprint density at radius 1 is 0.980 bits per heavy atom. The highest BCUT2D eigenvalue weighted by Gasteiger charge is 2.34. The smallest absolute Gasteiger partial charge is 0.410 e. The molecule has 4 heterocycles. The Morgan fingerprint density at radius 3 is 2.54 bits per heavy atom. The van der Waals surface area contributed by atoms with Gasteiger partial charge in [0.15, 0.2) is 11.3 Å². The van der Waals surface area contributed by atoms with E-state index in [9.17, 15) is 14.9 Å². The Balaban J connectivity index is 1.27. The zero-order chi connectivity index (χ0) is 34.8. The molecule has 2 aliphatic heterocycles. The van der Waals surface area contributed by atoms with Crippen molar-refractivity contribution in [3.63, 3.8) is 0 Å². The lowest BCUT2D eigenvalue weighted by atomic mass is 10.1. The number of carbonyl (C=O) groups excluding carboxylic acids is 1. The van der Waals surface area contributed by atoms with Gasteiger partial charge in [0.05, 0.1) is 29.2 Å². The van der Waals surface area contributed by atoms with Crippen LogP contribution in [0.4, 0.5) is 10.6 Å². The summed E-state index contributed by atoms with van der Waals surface area (Å²) in [4.78, 5) is 47.9. The summed E-state index contributed by atoms with van der Waals surface area (Å²) in [6, 6.07) is 22.7. The third kappa shape index (κ3) is 6.54. The molecule has 0 saturated carbocycles. The van der Waals surface area contributed by atoms with Gasteiger partial charge in [-0.25, -0.2) is 9.78 Å². The number of nitrogens with zero attached hydrogens (tertiary/aromatic N) is 8. The summed E-state index contributed by atoms with van der Waals surface area (Å²) in [5.74, 6) is 0.839. The number of hydrogen-bond donors (Lipinski definition) is 0. The van der Waals surface area contributed by atoms with E-state index in [-0.39, 0.29) is 49.2 Å². The molecular weight excluding hydrogens is 656 g/mol. The molecule has 2 fully saturated rings. The molecule has 0 aliphatic carbocycles. The first-order valence-electron chi connectivity index (χ1n) is 16.7. The summed E-state index contributed by atoms with van der Waals surface area (Å²) in [5.41, 5.74) is 1.50. The molecule has 2 unspecified atom stereocenters. The van der Waals surface area contributed by atoms with Crippen molar-refractivity contribution in [1.29, 1.82) is 5.26 Å². The van der Waals surface area contributed by atoms with Gasteiger partial charge in [-0.15, -0.1) is 0 Å². The molecule has 13 heteroatoms. The van der Waals surface area contributed by atoms with Crippen LogP contribution in [0.25, 0.3) is 27.5 Å². The summed E-state index contributed by atoms with van der Waals surface area (Å²) in [6.45, 7) is 4.15. The Morgan fingerprint density at radius 2 is 1.78 bits per heavy atom. The number of piperazine rings is 1. The van der Waals surface area contributed by atoms with Crippen molar-refractivity contribution in [3.05, 3.63) is 93.5 Å². The van der Waals surface area contributed by atoms with Gasteiger partial charge < -0.3 is 24.2 Å². The van der Waals surface area contributed by atoms with Crippen molar-refractivity contribution >= 4 is 45.3 Å². The highest BCUT2D eigenvalue weighted by atomic mass is 35.5. The molecular formula is C37H37ClN8O4. The Bertz CT molecular complexity index is 2150. The first-order valence-corrected chi connectivity index (χ1v) is 17.1. The number of hydrogen-bond acceptors (Lipinski definition) is 10. The third-order valence-corrected chi connectivity index (χ3v) is 9.86. The third-order valence-electron chi connectivity index (χ3n) is 9.55. The van der Waals surface area contributed by atoms with Crippen molar-refractivity contribution in [3.8, 4) is 17.8 Å². The van der Waals surface area contributed by atoms with Crippen molar-refractivity contribution < 1.29 is 14.3 Å². The molecule has 5 aromatic rings. The van der Waals surface area contributed by atoms with Gasteiger partial charge in [0.2, 0.25) is 0 Å². The van der Waals surface area contributed by atoms with Crippen LogP contribution in [0.5, 0.6) is 6.01 Å². The van der Waals surface area contributed by atoms with Crippen LogP contribution in [0.2, 0.25) is 5.02 Å². The molecule has 50 heavy (non-hydrogen) atoms. The highest BCUT2D eigenvalue weighted by molar-refractivity contribution is 6.36. The normalized spacial score (nSPS) is 18.0. The van der Waals surface area contributed by atoms with Crippen molar-refractivity contribution in [2.75, 3.05) is 44.7 Å². The van der Waals surface area contributed by atoms with Crippen LogP contribution in [0.1, 0.15) is 30.7 Å². The van der Waals surface area contributed by atoms with E-state index in [0.29, 0.717) is 41.0 Å². The van der Waals surface area contributed by atoms with E-state index in [0.717, 1.165) is 35.7 Å². The number of nitriles is 1. The number of benzene rings is 3. The van der Waals surface area contributed by atoms with E-state index >= 15 is 0 Å². The number of rotatable bonds is 8. The first kappa shape index (κ1) is 33.3. The fourth-order valence-electron chi connectivity index (χ4n) is 6.90. The maximum Gasteiger partial charge on any atom is 0.410 e. The summed E-state index contributed by atoms with van der Waals surface area (Å²) >= 11 is 6.67. The Kier molecular flexibility index (Phi) is 9.52. The lowest BCUT2D eigenvalue weighted by molar-refractivity contribution is 0.0768. The summed E-state index contributed by atoms with van der Waals surface area (Å²) in [5, 5.41) is 11.9. The van der Waals surface area contributed by atoms with Crippen LogP contribution < -0.4 is 15.2 Å². The van der Waals surface area contributed by atoms with Gasteiger partial charge in [-0.2, -0.15) is 15.2 Å². The first-order chi connectivity index (χ1) is 24.3. The van der Waals surface area contributed by atoms with Gasteiger partial charge in [-0.3, -0.25) is 9.36 Å². The lowest BCUT2D eigenvalue weighted by Crippen LogP contribution is -2.55. The Labute approximate surface area is 294 Å². The molecule has 2 aromatic heterocycles. The summed E-state index contributed by atoms with van der Waals surface area (Å²) < 4.78 is 13.4. The molecule has 3 aromatic carbocycles. The van der Waals surface area contributed by atoms with Gasteiger partial charge in [-0.05, 0) is 56.4 Å². The van der Waals surface area contributed by atoms with Crippen molar-refractivity contribution in [2.45, 2.75) is 44.9 Å². The largest absolute Gasteiger partial charge is 0.462 e. The molecule has 0 bridgehead atoms. The fourth-order valence-corrected chi connectivity index (χ4v) is 7.18. The molecule has 1 amide bonds. The van der Waals surface area contributed by atoms with Crippen LogP contribution in [-0.2, 0) is 11.3 Å². The molecule has 7 rings (SSSR count). The van der Waals surface area contributed by atoms with Crippen molar-refractivity contribution in [2.24, 2.45) is 0 Å². The van der Waals surface area contributed by atoms with Crippen LogP contribution in [-0.4, -0.2) is 87.3 Å². The predicted octanol–water partition coefficient (Wildman–Crippen LogP) is 5.50. The molecule has 2 atom stereocenters. The SMILES string of the molecule is Cc1nc2c(N3CCN(C(=O)OCc4ccccc4)C(CC#N)C3)nc(OCC3CCCN3C)nc2c(=O)n1-c1cccc2cccc(Cl)c12. The van der Waals surface area contributed by atoms with Gasteiger partial charge >= 0.3 is 12.1 Å². The average Bonchev–Trinajstić information content (AvgIpc) is 3.54. The lowest BCUT2D eigenvalue weighted by Gasteiger charge is -2.40. The molecule has 12 nitrogen and oxygen atoms in total. The molecule has 0 spiro atoms. The topological polar surface area (TPSA) is 130 Å². The second kappa shape index (κ2) is 14.3. The highest BCUT2D eigenvalue weighted by Crippen LogP contribution is 2.31. The molecule has 0 radical (unpaired) electrons.